The number of para-hydroxylation sites is 2. The second kappa shape index (κ2) is 15.9. The van der Waals surface area contributed by atoms with Gasteiger partial charge in [-0.25, -0.2) is 15.0 Å². The molecule has 4 nitrogen and oxygen atoms in total. The van der Waals surface area contributed by atoms with Gasteiger partial charge in [0.1, 0.15) is 0 Å². The third-order valence-corrected chi connectivity index (χ3v) is 16.8. The van der Waals surface area contributed by atoms with E-state index >= 15 is 0 Å². The zero-order chi connectivity index (χ0) is 41.3. The molecule has 0 aliphatic carbocycles. The van der Waals surface area contributed by atoms with Crippen molar-refractivity contribution in [3.63, 3.8) is 0 Å². The molecule has 292 valence electrons. The molecule has 0 fully saturated rings. The van der Waals surface area contributed by atoms with E-state index in [2.05, 4.69) is 229 Å². The first kappa shape index (κ1) is 37.0. The second-order valence-electron chi connectivity index (χ2n) is 15.6. The first-order valence-corrected chi connectivity index (χ1v) is 23.0. The maximum Gasteiger partial charge on any atom is 0.179 e. The van der Waals surface area contributed by atoms with E-state index in [9.17, 15) is 0 Å². The molecule has 0 spiro atoms. The fourth-order valence-electron chi connectivity index (χ4n) is 9.15. The number of fused-ring (bicyclic) bond motifs is 3. The van der Waals surface area contributed by atoms with Crippen LogP contribution in [0.5, 0.6) is 0 Å². The van der Waals surface area contributed by atoms with Gasteiger partial charge in [0.25, 0.3) is 0 Å². The van der Waals surface area contributed by atoms with Crippen LogP contribution in [0.3, 0.4) is 0 Å². The topological polar surface area (TPSA) is 43.6 Å². The van der Waals surface area contributed by atoms with Crippen LogP contribution in [0.15, 0.2) is 243 Å². The van der Waals surface area contributed by atoms with Gasteiger partial charge in [-0.2, -0.15) is 0 Å². The monoisotopic (exact) mass is 808 g/mol. The zero-order valence-corrected chi connectivity index (χ0v) is 34.9. The van der Waals surface area contributed by atoms with Gasteiger partial charge in [0, 0.05) is 33.2 Å². The molecule has 0 amide bonds. The molecule has 9 aromatic carbocycles. The molecule has 0 unspecified atom stereocenters. The summed E-state index contributed by atoms with van der Waals surface area (Å²) in [5, 5.41) is 7.84. The van der Waals surface area contributed by atoms with Gasteiger partial charge in [0.05, 0.1) is 11.0 Å². The molecule has 0 N–H and O–H groups in total. The highest BCUT2D eigenvalue weighted by molar-refractivity contribution is 7.19. The van der Waals surface area contributed by atoms with Crippen molar-refractivity contribution in [1.29, 1.82) is 0 Å². The first-order valence-electron chi connectivity index (χ1n) is 21.0. The maximum absolute atomic E-state index is 5.20. The van der Waals surface area contributed by atoms with Crippen molar-refractivity contribution in [2.24, 2.45) is 0 Å². The minimum absolute atomic E-state index is 0.621. The Hall–Kier alpha value is -7.99. The number of nitrogens with zero attached hydrogens (tertiary/aromatic N) is 4. The minimum Gasteiger partial charge on any atom is -0.309 e. The summed E-state index contributed by atoms with van der Waals surface area (Å²) in [6, 6.07) is 86.8. The summed E-state index contributed by atoms with van der Waals surface area (Å²) in [5.41, 5.74) is 8.36. The van der Waals surface area contributed by atoms with Crippen molar-refractivity contribution in [2.45, 2.75) is 0 Å². The molecule has 0 saturated heterocycles. The molecule has 0 radical (unpaired) electrons. The molecule has 0 aliphatic rings. The predicted molar refractivity (Wildman–Crippen MR) is 260 cm³/mol. The lowest BCUT2D eigenvalue weighted by molar-refractivity contribution is 1.07. The van der Waals surface area contributed by atoms with Gasteiger partial charge in [-0.05, 0) is 62.2 Å². The number of hydrogen-bond donors (Lipinski definition) is 0. The van der Waals surface area contributed by atoms with Gasteiger partial charge in [-0.3, -0.25) is 0 Å². The highest BCUT2D eigenvalue weighted by Crippen LogP contribution is 2.34. The standard InChI is InChI=1S/C57H40N4Si/c1-5-19-42(20-6-1)55-58-56(60-57(59-55)45-23-18-24-46(40-45)61-53-33-15-13-31-51(53)52-32-14-16-34-54(52)61)44-22-17-21-43(39-44)41-35-37-50(38-36-41)62(47-25-7-2-8-26-47,48-27-9-3-10-28-48)49-29-11-4-12-30-49/h1-40H. The number of hydrogen-bond acceptors (Lipinski definition) is 3. The molecule has 0 saturated carbocycles. The van der Waals surface area contributed by atoms with E-state index in [1.807, 2.05) is 18.2 Å². The van der Waals surface area contributed by atoms with Gasteiger partial charge < -0.3 is 4.57 Å². The van der Waals surface area contributed by atoms with Crippen molar-refractivity contribution < 1.29 is 0 Å². The third-order valence-electron chi connectivity index (χ3n) is 12.0. The molecule has 0 atom stereocenters. The van der Waals surface area contributed by atoms with Crippen molar-refractivity contribution in [2.75, 3.05) is 0 Å². The molecule has 2 heterocycles. The average molecular weight is 809 g/mol. The molecular formula is C57H40N4Si. The minimum atomic E-state index is -2.64. The summed E-state index contributed by atoms with van der Waals surface area (Å²) in [6.07, 6.45) is 0. The lowest BCUT2D eigenvalue weighted by atomic mass is 10.0. The molecule has 11 aromatic rings. The largest absolute Gasteiger partial charge is 0.309 e. The van der Waals surface area contributed by atoms with Crippen LogP contribution in [0.1, 0.15) is 0 Å². The summed E-state index contributed by atoms with van der Waals surface area (Å²) >= 11 is 0. The SMILES string of the molecule is c1ccc(-c2nc(-c3cccc(-c4ccc([Si](c5ccccc5)(c5ccccc5)c5ccccc5)cc4)c3)nc(-c3cccc(-n4c5ccccc5c5ccccc54)c3)n2)cc1. The van der Waals surface area contributed by atoms with Crippen molar-refractivity contribution in [3.05, 3.63) is 243 Å². The molecule has 0 bridgehead atoms. The van der Waals surface area contributed by atoms with Crippen LogP contribution in [0.4, 0.5) is 0 Å². The van der Waals surface area contributed by atoms with E-state index in [0.29, 0.717) is 17.5 Å². The Kier molecular flexibility index (Phi) is 9.49. The van der Waals surface area contributed by atoms with Crippen LogP contribution in [-0.2, 0) is 0 Å². The Balaban J connectivity index is 1.01. The average Bonchev–Trinajstić information content (AvgIpc) is 3.70. The van der Waals surface area contributed by atoms with Crippen LogP contribution in [0, 0.1) is 0 Å². The highest BCUT2D eigenvalue weighted by atomic mass is 28.3. The Labute approximate surface area is 362 Å². The molecule has 5 heteroatoms. The van der Waals surface area contributed by atoms with Crippen LogP contribution in [-0.4, -0.2) is 27.6 Å². The van der Waals surface area contributed by atoms with E-state index < -0.39 is 8.07 Å². The predicted octanol–water partition coefficient (Wildman–Crippen LogP) is 11.0. The number of rotatable bonds is 9. The fourth-order valence-corrected chi connectivity index (χ4v) is 13.9. The number of benzene rings is 9. The van der Waals surface area contributed by atoms with Gasteiger partial charge in [0.2, 0.25) is 0 Å². The van der Waals surface area contributed by atoms with Crippen molar-refractivity contribution >= 4 is 50.6 Å². The zero-order valence-electron chi connectivity index (χ0n) is 33.9. The summed E-state index contributed by atoms with van der Waals surface area (Å²) in [7, 11) is -2.64. The second-order valence-corrected chi connectivity index (χ2v) is 19.4. The summed E-state index contributed by atoms with van der Waals surface area (Å²) in [4.78, 5) is 15.4. The molecule has 62 heavy (non-hydrogen) atoms. The Morgan fingerprint density at radius 3 is 1.19 bits per heavy atom. The van der Waals surface area contributed by atoms with E-state index in [0.717, 1.165) is 44.5 Å². The maximum atomic E-state index is 5.20. The van der Waals surface area contributed by atoms with Crippen LogP contribution in [0.25, 0.3) is 72.8 Å². The molecule has 2 aromatic heterocycles. The van der Waals surface area contributed by atoms with Crippen LogP contribution < -0.4 is 20.7 Å². The highest BCUT2D eigenvalue weighted by Gasteiger charge is 2.41. The molecule has 11 rings (SSSR count). The van der Waals surface area contributed by atoms with E-state index in [1.54, 1.807) is 0 Å². The van der Waals surface area contributed by atoms with Crippen molar-refractivity contribution in [3.8, 4) is 51.0 Å². The quantitative estimate of drug-likeness (QED) is 0.108. The first-order chi connectivity index (χ1) is 30.7. The van der Waals surface area contributed by atoms with Gasteiger partial charge in [-0.15, -0.1) is 0 Å². The Morgan fingerprint density at radius 1 is 0.274 bits per heavy atom. The molecule has 0 aliphatic heterocycles. The van der Waals surface area contributed by atoms with E-state index in [-0.39, 0.29) is 0 Å². The van der Waals surface area contributed by atoms with Gasteiger partial charge in [-0.1, -0.05) is 212 Å². The van der Waals surface area contributed by atoms with Gasteiger partial charge in [0.15, 0.2) is 25.5 Å². The van der Waals surface area contributed by atoms with E-state index in [1.165, 1.54) is 31.5 Å². The van der Waals surface area contributed by atoms with Crippen molar-refractivity contribution in [1.82, 2.24) is 19.5 Å². The Morgan fingerprint density at radius 2 is 0.661 bits per heavy atom. The van der Waals surface area contributed by atoms with E-state index in [4.69, 9.17) is 15.0 Å². The lowest BCUT2D eigenvalue weighted by Gasteiger charge is -2.34. The smallest absolute Gasteiger partial charge is 0.179 e. The lowest BCUT2D eigenvalue weighted by Crippen LogP contribution is -2.74. The van der Waals surface area contributed by atoms with Crippen LogP contribution in [0.2, 0.25) is 0 Å². The van der Waals surface area contributed by atoms with Gasteiger partial charge >= 0.3 is 0 Å². The third kappa shape index (κ3) is 6.52. The summed E-state index contributed by atoms with van der Waals surface area (Å²) in [6.45, 7) is 0. The van der Waals surface area contributed by atoms with Crippen LogP contribution >= 0.6 is 0 Å². The fraction of sp³-hybridized carbons (Fsp3) is 0. The Bertz CT molecular complexity index is 3180. The number of aromatic nitrogens is 4. The summed E-state index contributed by atoms with van der Waals surface area (Å²) in [5.74, 6) is 1.88. The molecular weight excluding hydrogens is 769 g/mol. The normalized spacial score (nSPS) is 11.5. The summed E-state index contributed by atoms with van der Waals surface area (Å²) < 4.78 is 2.33.